The molecule has 1 aromatic carbocycles. The smallest absolute Gasteiger partial charge is 0.271 e. The number of amides is 1. The highest BCUT2D eigenvalue weighted by atomic mass is 16.3. The van der Waals surface area contributed by atoms with Crippen LogP contribution in [0.1, 0.15) is 25.7 Å². The molecule has 18 heavy (non-hydrogen) atoms. The third-order valence-electron chi connectivity index (χ3n) is 3.70. The summed E-state index contributed by atoms with van der Waals surface area (Å²) in [7, 11) is 0. The topological polar surface area (TPSA) is 109 Å². The Balaban J connectivity index is 1.82. The Morgan fingerprint density at radius 3 is 2.33 bits per heavy atom. The first kappa shape index (κ1) is 12.6. The lowest BCUT2D eigenvalue weighted by atomic mass is 9.81. The minimum atomic E-state index is -0.824. The molecule has 98 valence electrons. The Labute approximate surface area is 103 Å². The van der Waals surface area contributed by atoms with Crippen molar-refractivity contribution in [1.29, 1.82) is 0 Å². The molecule has 0 saturated heterocycles. The van der Waals surface area contributed by atoms with E-state index in [1.54, 1.807) is 0 Å². The number of nitrogens with one attached hydrogen (secondary N) is 1. The number of aromatic hydroxyl groups is 1. The van der Waals surface area contributed by atoms with Crippen molar-refractivity contribution in [3.63, 3.8) is 0 Å². The van der Waals surface area contributed by atoms with Gasteiger partial charge in [-0.1, -0.05) is 0 Å². The van der Waals surface area contributed by atoms with Gasteiger partial charge >= 0.3 is 0 Å². The average molecular weight is 252 g/mol. The van der Waals surface area contributed by atoms with Crippen LogP contribution >= 0.6 is 0 Å². The van der Waals surface area contributed by atoms with Gasteiger partial charge in [-0.2, -0.15) is 0 Å². The lowest BCUT2D eigenvalue weighted by Crippen LogP contribution is -2.35. The Hall–Kier alpha value is -1.85. The molecule has 2 rings (SSSR count). The van der Waals surface area contributed by atoms with E-state index in [9.17, 15) is 19.5 Å². The zero-order chi connectivity index (χ0) is 13.3. The van der Waals surface area contributed by atoms with E-state index >= 15 is 0 Å². The van der Waals surface area contributed by atoms with Crippen LogP contribution in [0.3, 0.4) is 0 Å². The van der Waals surface area contributed by atoms with E-state index in [-0.39, 0.29) is 17.5 Å². The van der Waals surface area contributed by atoms with Gasteiger partial charge in [0.1, 0.15) is 5.69 Å². The highest BCUT2D eigenvalue weighted by Crippen LogP contribution is 2.29. The molecule has 6 nitrogen and oxygen atoms in total. The van der Waals surface area contributed by atoms with Gasteiger partial charge in [0.05, 0.1) is 0 Å². The van der Waals surface area contributed by atoms with Crippen LogP contribution in [0.2, 0.25) is 0 Å². The number of nitrogens with two attached hydrogens (primary N) is 1. The fourth-order valence-corrected chi connectivity index (χ4v) is 2.44. The molecule has 1 saturated carbocycles. The molecule has 0 aliphatic heterocycles. The van der Waals surface area contributed by atoms with Crippen molar-refractivity contribution in [2.45, 2.75) is 25.7 Å². The second-order valence-electron chi connectivity index (χ2n) is 4.88. The van der Waals surface area contributed by atoms with E-state index in [2.05, 4.69) is 5.32 Å². The zero-order valence-corrected chi connectivity index (χ0v) is 9.94. The van der Waals surface area contributed by atoms with Crippen LogP contribution in [0.5, 0.6) is 5.75 Å². The molecule has 1 aliphatic rings. The van der Waals surface area contributed by atoms with Crippen LogP contribution in [-0.2, 0) is 4.79 Å². The van der Waals surface area contributed by atoms with Crippen molar-refractivity contribution in [3.8, 4) is 5.75 Å². The summed E-state index contributed by atoms with van der Waals surface area (Å²) in [4.78, 5) is 32.9. The molecule has 0 atom stereocenters. The first-order valence-corrected chi connectivity index (χ1v) is 6.06. The number of carbonyl (C=O) groups is 1. The second kappa shape index (κ2) is 4.80. The van der Waals surface area contributed by atoms with Crippen molar-refractivity contribution in [3.05, 3.63) is 20.4 Å². The van der Waals surface area contributed by atoms with E-state index < -0.39 is 16.6 Å². The van der Waals surface area contributed by atoms with Gasteiger partial charge in [0.25, 0.3) is 10.9 Å². The molecule has 6 heteroatoms. The van der Waals surface area contributed by atoms with Gasteiger partial charge in [-0.3, -0.25) is 14.4 Å². The maximum Gasteiger partial charge on any atom is 0.271 e. The Morgan fingerprint density at radius 2 is 1.83 bits per heavy atom. The summed E-state index contributed by atoms with van der Waals surface area (Å²) in [5.41, 5.74) is 3.79. The highest BCUT2D eigenvalue weighted by Gasteiger charge is 2.26. The summed E-state index contributed by atoms with van der Waals surface area (Å²) in [6, 6.07) is 0. The van der Waals surface area contributed by atoms with Crippen LogP contribution in [0.4, 0.5) is 5.69 Å². The second-order valence-corrected chi connectivity index (χ2v) is 4.88. The summed E-state index contributed by atoms with van der Waals surface area (Å²) in [6.07, 6.45) is 3.24. The van der Waals surface area contributed by atoms with Crippen molar-refractivity contribution in [2.75, 3.05) is 11.9 Å². The van der Waals surface area contributed by atoms with E-state index in [0.717, 1.165) is 25.7 Å². The third-order valence-corrected chi connectivity index (χ3v) is 3.70. The van der Waals surface area contributed by atoms with Crippen molar-refractivity contribution in [1.82, 2.24) is 0 Å². The molecule has 0 radical (unpaired) electrons. The van der Waals surface area contributed by atoms with Gasteiger partial charge in [0, 0.05) is 12.5 Å². The number of hydrogen-bond donors (Lipinski definition) is 3. The van der Waals surface area contributed by atoms with E-state index in [0.29, 0.717) is 12.5 Å². The van der Waals surface area contributed by atoms with Gasteiger partial charge in [-0.15, -0.1) is 0 Å². The van der Waals surface area contributed by atoms with Gasteiger partial charge in [0.15, 0.2) is 5.75 Å². The molecule has 1 aromatic rings. The fourth-order valence-electron chi connectivity index (χ4n) is 2.44. The summed E-state index contributed by atoms with van der Waals surface area (Å²) < 4.78 is 0. The SMILES string of the molecule is NC(=O)C1CCC(CNc2c(O)c(=O)c2=O)CC1. The first-order chi connectivity index (χ1) is 8.50. The average Bonchev–Trinajstić information content (AvgIpc) is 2.38. The summed E-state index contributed by atoms with van der Waals surface area (Å²) in [5, 5.41) is 12.0. The number of carbonyl (C=O) groups excluding carboxylic acids is 1. The normalized spacial score (nSPS) is 24.0. The third kappa shape index (κ3) is 2.23. The van der Waals surface area contributed by atoms with Crippen molar-refractivity contribution < 1.29 is 9.90 Å². The Bertz CT molecular complexity index is 522. The first-order valence-electron chi connectivity index (χ1n) is 6.06. The molecule has 4 N–H and O–H groups in total. The molecular weight excluding hydrogens is 236 g/mol. The summed E-state index contributed by atoms with van der Waals surface area (Å²) in [5.74, 6) is -0.419. The van der Waals surface area contributed by atoms with E-state index in [1.807, 2.05) is 0 Å². The van der Waals surface area contributed by atoms with Crippen molar-refractivity contribution in [2.24, 2.45) is 17.6 Å². The molecule has 0 unspecified atom stereocenters. The van der Waals surface area contributed by atoms with Gasteiger partial charge in [-0.25, -0.2) is 0 Å². The fraction of sp³-hybridized carbons (Fsp3) is 0.583. The standard InChI is InChI=1S/C12H16N2O4/c13-12(18)7-3-1-6(2-4-7)5-14-8-9(15)11(17)10(8)16/h6-7,14-15H,1-5H2,(H2,13,18). The monoisotopic (exact) mass is 252 g/mol. The Morgan fingerprint density at radius 1 is 1.22 bits per heavy atom. The molecule has 1 amide bonds. The predicted octanol–water partition coefficient (Wildman–Crippen LogP) is -0.308. The molecule has 1 aliphatic carbocycles. The van der Waals surface area contributed by atoms with Gasteiger partial charge < -0.3 is 16.2 Å². The van der Waals surface area contributed by atoms with Gasteiger partial charge in [-0.05, 0) is 31.6 Å². The van der Waals surface area contributed by atoms with E-state index in [4.69, 9.17) is 5.73 Å². The Kier molecular flexibility index (Phi) is 3.36. The lowest BCUT2D eigenvalue weighted by Gasteiger charge is -2.27. The van der Waals surface area contributed by atoms with Crippen LogP contribution in [-0.4, -0.2) is 17.6 Å². The molecule has 0 spiro atoms. The maximum absolute atomic E-state index is 11.1. The zero-order valence-electron chi connectivity index (χ0n) is 9.94. The van der Waals surface area contributed by atoms with Crippen LogP contribution in [0, 0.1) is 11.8 Å². The molecular formula is C12H16N2O4. The highest BCUT2D eigenvalue weighted by molar-refractivity contribution is 5.76. The van der Waals surface area contributed by atoms with Crippen molar-refractivity contribution >= 4 is 11.6 Å². The van der Waals surface area contributed by atoms with E-state index in [1.165, 1.54) is 0 Å². The molecule has 0 heterocycles. The van der Waals surface area contributed by atoms with Crippen LogP contribution in [0.25, 0.3) is 0 Å². The lowest BCUT2D eigenvalue weighted by molar-refractivity contribution is -0.122. The van der Waals surface area contributed by atoms with Gasteiger partial charge in [0.2, 0.25) is 5.91 Å². The summed E-state index contributed by atoms with van der Waals surface area (Å²) in [6.45, 7) is 0.532. The summed E-state index contributed by atoms with van der Waals surface area (Å²) >= 11 is 0. The number of hydrogen-bond acceptors (Lipinski definition) is 5. The predicted molar refractivity (Wildman–Crippen MR) is 66.2 cm³/mol. The number of anilines is 1. The number of primary amides is 1. The van der Waals surface area contributed by atoms with Crippen LogP contribution in [0.15, 0.2) is 9.59 Å². The quantitative estimate of drug-likeness (QED) is 0.637. The largest absolute Gasteiger partial charge is 0.502 e. The minimum absolute atomic E-state index is 0.0250. The van der Waals surface area contributed by atoms with Crippen LogP contribution < -0.4 is 21.9 Å². The molecule has 0 aromatic heterocycles. The molecule has 0 bridgehead atoms. The molecule has 1 fully saturated rings. The maximum atomic E-state index is 11.1. The number of rotatable bonds is 4. The minimum Gasteiger partial charge on any atom is -0.502 e.